The number of fused-ring (bicyclic) bond motifs is 8. The van der Waals surface area contributed by atoms with Gasteiger partial charge in [-0.05, 0) is 30.7 Å². The Hall–Kier alpha value is -3.70. The van der Waals surface area contributed by atoms with Gasteiger partial charge in [0.25, 0.3) is 0 Å². The largest absolute Gasteiger partial charge is 0.293 e. The van der Waals surface area contributed by atoms with Crippen LogP contribution in [0.4, 0.5) is 0 Å². The van der Waals surface area contributed by atoms with Gasteiger partial charge in [-0.2, -0.15) is 0 Å². The zero-order valence-corrected chi connectivity index (χ0v) is 19.1. The van der Waals surface area contributed by atoms with Gasteiger partial charge in [0, 0.05) is 23.2 Å². The summed E-state index contributed by atoms with van der Waals surface area (Å²) >= 11 is 0. The van der Waals surface area contributed by atoms with Gasteiger partial charge in [0.15, 0.2) is 11.6 Å². The van der Waals surface area contributed by atoms with Crippen molar-refractivity contribution in [3.63, 3.8) is 0 Å². The monoisotopic (exact) mass is 445 g/mol. The first kappa shape index (κ1) is 19.7. The van der Waals surface area contributed by atoms with Gasteiger partial charge in [-0.15, -0.1) is 0 Å². The Morgan fingerprint density at radius 1 is 0.824 bits per heavy atom. The van der Waals surface area contributed by atoms with Crippen LogP contribution in [0.2, 0.25) is 0 Å². The molecule has 0 saturated carbocycles. The fraction of sp³-hybridized carbons (Fsp3) is 0.241. The van der Waals surface area contributed by atoms with Gasteiger partial charge in [0.05, 0.1) is 22.4 Å². The molecule has 0 bridgehead atoms. The third kappa shape index (κ3) is 1.94. The van der Waals surface area contributed by atoms with Crippen LogP contribution in [0.5, 0.6) is 0 Å². The Labute approximate surface area is 197 Å². The van der Waals surface area contributed by atoms with Crippen LogP contribution in [0.3, 0.4) is 0 Å². The highest BCUT2D eigenvalue weighted by atomic mass is 16.2. The summed E-state index contributed by atoms with van der Waals surface area (Å²) in [4.78, 5) is 41.4. The summed E-state index contributed by atoms with van der Waals surface area (Å²) in [6.07, 6.45) is 0.718. The third-order valence-electron chi connectivity index (χ3n) is 8.36. The summed E-state index contributed by atoms with van der Waals surface area (Å²) in [5.41, 5.74) is 3.75. The molecule has 2 aliphatic carbocycles. The quantitative estimate of drug-likeness (QED) is 0.390. The number of para-hydroxylation sites is 2. The molecule has 166 valence electrons. The van der Waals surface area contributed by atoms with Crippen LogP contribution < -0.4 is 0 Å². The summed E-state index contributed by atoms with van der Waals surface area (Å²) in [6, 6.07) is 23.2. The van der Waals surface area contributed by atoms with Crippen LogP contribution in [0.15, 0.2) is 72.8 Å². The van der Waals surface area contributed by atoms with E-state index in [9.17, 15) is 9.59 Å². The van der Waals surface area contributed by atoms with Gasteiger partial charge in [0.1, 0.15) is 11.0 Å². The maximum atomic E-state index is 14.5. The highest BCUT2D eigenvalue weighted by molar-refractivity contribution is 6.31. The lowest BCUT2D eigenvalue weighted by molar-refractivity contribution is 0.0412. The summed E-state index contributed by atoms with van der Waals surface area (Å²) in [5.74, 6) is -0.305. The molecule has 5 nitrogen and oxygen atoms in total. The van der Waals surface area contributed by atoms with Crippen LogP contribution in [-0.2, 0) is 5.54 Å². The van der Waals surface area contributed by atoms with Crippen molar-refractivity contribution in [2.45, 2.75) is 18.9 Å². The number of ketones is 2. The van der Waals surface area contributed by atoms with Crippen molar-refractivity contribution < 1.29 is 9.59 Å². The molecule has 2 heterocycles. The average Bonchev–Trinajstić information content (AvgIpc) is 3.41. The van der Waals surface area contributed by atoms with Crippen LogP contribution in [-0.4, -0.2) is 40.0 Å². The van der Waals surface area contributed by atoms with Crippen molar-refractivity contribution in [3.05, 3.63) is 95.2 Å². The first-order valence-corrected chi connectivity index (χ1v) is 11.8. The molecule has 2 atom stereocenters. The molecule has 1 aliphatic heterocycles. The molecule has 1 saturated heterocycles. The molecular formula is C29H23N3O2. The molecular weight excluding hydrogens is 422 g/mol. The number of hydrogen-bond donors (Lipinski definition) is 0. The minimum Gasteiger partial charge on any atom is -0.293 e. The van der Waals surface area contributed by atoms with Gasteiger partial charge >= 0.3 is 0 Å². The smallest absolute Gasteiger partial charge is 0.180 e. The molecule has 1 fully saturated rings. The molecule has 2 spiro atoms. The lowest BCUT2D eigenvalue weighted by atomic mass is 9.58. The number of aromatic nitrogens is 2. The molecule has 0 unspecified atom stereocenters. The van der Waals surface area contributed by atoms with E-state index in [1.165, 1.54) is 0 Å². The fourth-order valence-corrected chi connectivity index (χ4v) is 7.10. The Bertz CT molecular complexity index is 1520. The standard InChI is InChI=1S/C29H23N3O2/c1-3-17-16-32(2)29(28(17)26(33)18-10-4-5-11-19(18)27(28)34)21-13-7-6-12-20(21)24-25(29)31-23-15-9-8-14-22(23)30-24/h4-15,17H,3,16H2,1-2H3/t17-,29-/m0/s1. The van der Waals surface area contributed by atoms with E-state index in [0.717, 1.165) is 40.0 Å². The number of nitrogens with zero attached hydrogens (tertiary/aromatic N) is 3. The first-order chi connectivity index (χ1) is 16.6. The minimum atomic E-state index is -1.28. The maximum absolute atomic E-state index is 14.5. The number of Topliss-reactive ketones (excluding diaryl/α,β-unsaturated/α-hetero) is 2. The number of hydrogen-bond acceptors (Lipinski definition) is 5. The molecule has 4 aromatic rings. The number of benzene rings is 3. The Balaban J connectivity index is 1.67. The zero-order valence-electron chi connectivity index (χ0n) is 19.1. The van der Waals surface area contributed by atoms with Gasteiger partial charge in [0.2, 0.25) is 0 Å². The van der Waals surface area contributed by atoms with Gasteiger partial charge in [-0.1, -0.05) is 74.0 Å². The van der Waals surface area contributed by atoms with Crippen molar-refractivity contribution in [2.75, 3.05) is 13.6 Å². The molecule has 1 aromatic heterocycles. The molecule has 0 N–H and O–H groups in total. The van der Waals surface area contributed by atoms with Crippen molar-refractivity contribution in [2.24, 2.45) is 11.3 Å². The molecule has 0 radical (unpaired) electrons. The second-order valence-electron chi connectivity index (χ2n) is 9.66. The van der Waals surface area contributed by atoms with E-state index >= 15 is 0 Å². The first-order valence-electron chi connectivity index (χ1n) is 11.8. The predicted octanol–water partition coefficient (Wildman–Crippen LogP) is 4.89. The van der Waals surface area contributed by atoms with Gasteiger partial charge in [-0.3, -0.25) is 14.5 Å². The van der Waals surface area contributed by atoms with Gasteiger partial charge in [-0.25, -0.2) is 9.97 Å². The Morgan fingerprint density at radius 2 is 1.38 bits per heavy atom. The van der Waals surface area contributed by atoms with Crippen molar-refractivity contribution in [1.82, 2.24) is 14.9 Å². The number of carbonyl (C=O) groups excluding carboxylic acids is 2. The van der Waals surface area contributed by atoms with Crippen LogP contribution in [0, 0.1) is 11.3 Å². The van der Waals surface area contributed by atoms with E-state index in [0.29, 0.717) is 17.7 Å². The summed E-state index contributed by atoms with van der Waals surface area (Å²) < 4.78 is 0. The summed E-state index contributed by atoms with van der Waals surface area (Å²) in [7, 11) is 2.03. The lowest BCUT2D eigenvalue weighted by Crippen LogP contribution is -2.57. The zero-order chi connectivity index (χ0) is 23.2. The second kappa shape index (κ2) is 6.45. The predicted molar refractivity (Wildman–Crippen MR) is 130 cm³/mol. The van der Waals surface area contributed by atoms with Crippen molar-refractivity contribution in [3.8, 4) is 11.3 Å². The highest BCUT2D eigenvalue weighted by Crippen LogP contribution is 2.67. The topological polar surface area (TPSA) is 63.2 Å². The summed E-state index contributed by atoms with van der Waals surface area (Å²) in [6.45, 7) is 2.71. The Morgan fingerprint density at radius 3 is 2.03 bits per heavy atom. The lowest BCUT2D eigenvalue weighted by Gasteiger charge is -2.44. The second-order valence-corrected chi connectivity index (χ2v) is 9.66. The van der Waals surface area contributed by atoms with Crippen LogP contribution >= 0.6 is 0 Å². The maximum Gasteiger partial charge on any atom is 0.180 e. The highest BCUT2D eigenvalue weighted by Gasteiger charge is 2.76. The third-order valence-corrected chi connectivity index (χ3v) is 8.36. The normalized spacial score (nSPS) is 24.2. The molecule has 3 aliphatic rings. The van der Waals surface area contributed by atoms with Crippen LogP contribution in [0.1, 0.15) is 45.3 Å². The number of likely N-dealkylation sites (tertiary alicyclic amines) is 1. The van der Waals surface area contributed by atoms with E-state index in [1.807, 2.05) is 61.6 Å². The van der Waals surface area contributed by atoms with E-state index in [1.54, 1.807) is 12.1 Å². The number of carbonyl (C=O) groups is 2. The number of rotatable bonds is 1. The fourth-order valence-electron chi connectivity index (χ4n) is 7.10. The van der Waals surface area contributed by atoms with Crippen molar-refractivity contribution >= 4 is 22.6 Å². The molecule has 0 amide bonds. The molecule has 3 aromatic carbocycles. The molecule has 5 heteroatoms. The molecule has 34 heavy (non-hydrogen) atoms. The average molecular weight is 446 g/mol. The Kier molecular flexibility index (Phi) is 3.75. The van der Waals surface area contributed by atoms with Gasteiger partial charge < -0.3 is 0 Å². The summed E-state index contributed by atoms with van der Waals surface area (Å²) in [5, 5.41) is 0. The van der Waals surface area contributed by atoms with E-state index < -0.39 is 11.0 Å². The minimum absolute atomic E-state index is 0.0816. The molecule has 7 rings (SSSR count). The SMILES string of the molecule is CC[C@H]1CN(C)[C@]2(c3ccccc3-c3nc4ccccc4nc32)C12C(=O)c1ccccc1C2=O. The van der Waals surface area contributed by atoms with E-state index in [2.05, 4.69) is 17.9 Å². The van der Waals surface area contributed by atoms with E-state index in [4.69, 9.17) is 9.97 Å². The van der Waals surface area contributed by atoms with Crippen LogP contribution in [0.25, 0.3) is 22.3 Å². The van der Waals surface area contributed by atoms with Crippen molar-refractivity contribution in [1.29, 1.82) is 0 Å². The van der Waals surface area contributed by atoms with E-state index in [-0.39, 0.29) is 17.5 Å².